The van der Waals surface area contributed by atoms with E-state index in [0.717, 1.165) is 135 Å². The van der Waals surface area contributed by atoms with Gasteiger partial charge in [-0.25, -0.2) is 0 Å². The van der Waals surface area contributed by atoms with Crippen LogP contribution in [0.1, 0.15) is 233 Å². The standard InChI is InChI=1S/C64H102O6/c1-4-7-10-13-16-19-22-25-28-30-31-32-33-35-36-39-42-45-48-51-54-57-63(66)69-60-61(59-68-62(65)56-53-50-47-44-41-38-27-24-21-18-15-12-9-6-3)70-64(67)58-55-52-49-46-43-40-37-34-29-26-23-20-17-14-11-8-5-2/h7-8,10-11,15-20,24-29,31-32,37,40,46,49,61H,4-6,9,12-14,21-23,30,33-36,38-39,41-45,47-48,50-60H2,1-3H3/b10-7-,11-8-,18-15-,19-16-,20-17-,27-24-,28-25-,29-26-,32-31-,40-37-,49-46-. The first kappa shape index (κ1) is 65.5. The predicted molar refractivity (Wildman–Crippen MR) is 302 cm³/mol. The largest absolute Gasteiger partial charge is 0.462 e. The number of rotatable bonds is 49. The molecule has 1 atom stereocenters. The fourth-order valence-corrected chi connectivity index (χ4v) is 7.19. The van der Waals surface area contributed by atoms with Gasteiger partial charge in [-0.1, -0.05) is 225 Å². The molecule has 0 saturated carbocycles. The molecule has 0 fully saturated rings. The number of hydrogen-bond donors (Lipinski definition) is 0. The first-order valence-corrected chi connectivity index (χ1v) is 28.2. The van der Waals surface area contributed by atoms with Crippen LogP contribution in [0, 0.1) is 0 Å². The molecular formula is C64H102O6. The topological polar surface area (TPSA) is 78.9 Å². The Morgan fingerprint density at radius 3 is 0.914 bits per heavy atom. The highest BCUT2D eigenvalue weighted by atomic mass is 16.6. The number of esters is 3. The summed E-state index contributed by atoms with van der Waals surface area (Å²) in [5, 5.41) is 0. The maximum Gasteiger partial charge on any atom is 0.306 e. The van der Waals surface area contributed by atoms with Crippen LogP contribution in [0.3, 0.4) is 0 Å². The Bertz CT molecular complexity index is 1530. The minimum Gasteiger partial charge on any atom is -0.462 e. The lowest BCUT2D eigenvalue weighted by Gasteiger charge is -2.18. The van der Waals surface area contributed by atoms with Gasteiger partial charge in [-0.05, 0) is 122 Å². The van der Waals surface area contributed by atoms with E-state index in [1.165, 1.54) is 51.4 Å². The molecule has 0 saturated heterocycles. The summed E-state index contributed by atoms with van der Waals surface area (Å²) in [4.78, 5) is 38.1. The van der Waals surface area contributed by atoms with Gasteiger partial charge < -0.3 is 14.2 Å². The smallest absolute Gasteiger partial charge is 0.306 e. The minimum absolute atomic E-state index is 0.114. The Morgan fingerprint density at radius 2 is 0.571 bits per heavy atom. The molecule has 0 heterocycles. The summed E-state index contributed by atoms with van der Waals surface area (Å²) in [7, 11) is 0. The molecule has 70 heavy (non-hydrogen) atoms. The molecule has 0 rings (SSSR count). The first-order valence-electron chi connectivity index (χ1n) is 28.2. The summed E-state index contributed by atoms with van der Waals surface area (Å²) in [6.07, 6.45) is 80.1. The van der Waals surface area contributed by atoms with Gasteiger partial charge in [0.05, 0.1) is 0 Å². The van der Waals surface area contributed by atoms with Gasteiger partial charge in [0.1, 0.15) is 13.2 Å². The molecule has 6 nitrogen and oxygen atoms in total. The molecule has 0 aliphatic carbocycles. The van der Waals surface area contributed by atoms with Crippen molar-refractivity contribution in [3.63, 3.8) is 0 Å². The maximum absolute atomic E-state index is 12.8. The molecule has 0 aliphatic rings. The number of allylic oxidation sites excluding steroid dienone is 22. The quantitative estimate of drug-likeness (QED) is 0.0262. The summed E-state index contributed by atoms with van der Waals surface area (Å²) < 4.78 is 16.8. The lowest BCUT2D eigenvalue weighted by molar-refractivity contribution is -0.167. The van der Waals surface area contributed by atoms with Crippen molar-refractivity contribution in [1.29, 1.82) is 0 Å². The van der Waals surface area contributed by atoms with Gasteiger partial charge in [-0.3, -0.25) is 14.4 Å². The summed E-state index contributed by atoms with van der Waals surface area (Å²) in [6, 6.07) is 0. The zero-order valence-corrected chi connectivity index (χ0v) is 45.0. The molecule has 0 aliphatic heterocycles. The maximum atomic E-state index is 12.8. The Hall–Kier alpha value is -4.45. The first-order chi connectivity index (χ1) is 34.5. The molecule has 0 aromatic rings. The van der Waals surface area contributed by atoms with Gasteiger partial charge in [0, 0.05) is 19.3 Å². The van der Waals surface area contributed by atoms with Gasteiger partial charge in [0.25, 0.3) is 0 Å². The highest BCUT2D eigenvalue weighted by Gasteiger charge is 2.19. The van der Waals surface area contributed by atoms with Gasteiger partial charge in [0.15, 0.2) is 6.10 Å². The van der Waals surface area contributed by atoms with Crippen LogP contribution in [0.4, 0.5) is 0 Å². The van der Waals surface area contributed by atoms with Crippen molar-refractivity contribution in [2.24, 2.45) is 0 Å². The highest BCUT2D eigenvalue weighted by molar-refractivity contribution is 5.71. The summed E-state index contributed by atoms with van der Waals surface area (Å²) in [6.45, 7) is 6.30. The van der Waals surface area contributed by atoms with Crippen LogP contribution in [-0.4, -0.2) is 37.2 Å². The molecule has 0 bridgehead atoms. The van der Waals surface area contributed by atoms with E-state index in [-0.39, 0.29) is 37.5 Å². The van der Waals surface area contributed by atoms with E-state index >= 15 is 0 Å². The van der Waals surface area contributed by atoms with Crippen molar-refractivity contribution >= 4 is 17.9 Å². The number of carbonyl (C=O) groups is 3. The molecule has 0 amide bonds. The van der Waals surface area contributed by atoms with E-state index in [1.807, 2.05) is 0 Å². The fraction of sp³-hybridized carbons (Fsp3) is 0.609. The zero-order valence-electron chi connectivity index (χ0n) is 45.0. The molecule has 0 aromatic heterocycles. The van der Waals surface area contributed by atoms with Crippen molar-refractivity contribution in [3.05, 3.63) is 134 Å². The van der Waals surface area contributed by atoms with Crippen LogP contribution in [-0.2, 0) is 28.6 Å². The van der Waals surface area contributed by atoms with E-state index in [9.17, 15) is 14.4 Å². The monoisotopic (exact) mass is 967 g/mol. The molecular weight excluding hydrogens is 865 g/mol. The Balaban J connectivity index is 4.50. The normalized spacial score (nSPS) is 13.1. The van der Waals surface area contributed by atoms with Gasteiger partial charge >= 0.3 is 17.9 Å². The fourth-order valence-electron chi connectivity index (χ4n) is 7.19. The van der Waals surface area contributed by atoms with Gasteiger partial charge in [0.2, 0.25) is 0 Å². The third-order valence-corrected chi connectivity index (χ3v) is 11.4. The summed E-state index contributed by atoms with van der Waals surface area (Å²) in [5.41, 5.74) is 0. The zero-order chi connectivity index (χ0) is 50.7. The molecule has 6 heteroatoms. The molecule has 394 valence electrons. The van der Waals surface area contributed by atoms with Gasteiger partial charge in [-0.2, -0.15) is 0 Å². The Labute approximate surface area is 430 Å². The Morgan fingerprint density at radius 1 is 0.300 bits per heavy atom. The van der Waals surface area contributed by atoms with E-state index in [0.29, 0.717) is 19.3 Å². The third kappa shape index (κ3) is 54.5. The lowest BCUT2D eigenvalue weighted by Crippen LogP contribution is -2.30. The van der Waals surface area contributed by atoms with Crippen molar-refractivity contribution in [3.8, 4) is 0 Å². The molecule has 0 spiro atoms. The van der Waals surface area contributed by atoms with Crippen LogP contribution in [0.25, 0.3) is 0 Å². The molecule has 1 unspecified atom stereocenters. The SMILES string of the molecule is CC/C=C\C/C=C\C/C=C\C/C=C\C/C=C\CCCC(=O)OC(COC(=O)CCCCCCC/C=C\C/C=C\CCCC)COC(=O)CCCCCCCCCC/C=C\C/C=C\C/C=C\C/C=C\CC. The summed E-state index contributed by atoms with van der Waals surface area (Å²) in [5.74, 6) is -1.000. The van der Waals surface area contributed by atoms with Crippen LogP contribution < -0.4 is 0 Å². The third-order valence-electron chi connectivity index (χ3n) is 11.4. The van der Waals surface area contributed by atoms with Crippen molar-refractivity contribution in [2.45, 2.75) is 239 Å². The number of unbranched alkanes of at least 4 members (excludes halogenated alkanes) is 16. The average molecular weight is 968 g/mol. The van der Waals surface area contributed by atoms with E-state index in [4.69, 9.17) is 14.2 Å². The number of carbonyl (C=O) groups excluding carboxylic acids is 3. The van der Waals surface area contributed by atoms with Crippen molar-refractivity contribution < 1.29 is 28.6 Å². The number of hydrogen-bond acceptors (Lipinski definition) is 6. The van der Waals surface area contributed by atoms with Crippen molar-refractivity contribution in [1.82, 2.24) is 0 Å². The molecule has 0 radical (unpaired) electrons. The summed E-state index contributed by atoms with van der Waals surface area (Å²) >= 11 is 0. The minimum atomic E-state index is -0.822. The average Bonchev–Trinajstić information content (AvgIpc) is 3.36. The predicted octanol–water partition coefficient (Wildman–Crippen LogP) is 19.0. The van der Waals surface area contributed by atoms with E-state index in [2.05, 4.69) is 154 Å². The Kier molecular flexibility index (Phi) is 53.5. The van der Waals surface area contributed by atoms with Crippen LogP contribution in [0.5, 0.6) is 0 Å². The highest BCUT2D eigenvalue weighted by Crippen LogP contribution is 2.13. The number of ether oxygens (including phenoxy) is 3. The molecule has 0 aromatic carbocycles. The second kappa shape index (κ2) is 57.1. The van der Waals surface area contributed by atoms with Crippen LogP contribution in [0.15, 0.2) is 134 Å². The second-order valence-corrected chi connectivity index (χ2v) is 18.1. The molecule has 0 N–H and O–H groups in total. The lowest BCUT2D eigenvalue weighted by atomic mass is 10.1. The van der Waals surface area contributed by atoms with Gasteiger partial charge in [-0.15, -0.1) is 0 Å². The second-order valence-electron chi connectivity index (χ2n) is 18.1. The van der Waals surface area contributed by atoms with Crippen molar-refractivity contribution in [2.75, 3.05) is 13.2 Å². The van der Waals surface area contributed by atoms with E-state index in [1.54, 1.807) is 0 Å². The van der Waals surface area contributed by atoms with Crippen LogP contribution in [0.2, 0.25) is 0 Å². The van der Waals surface area contributed by atoms with E-state index < -0.39 is 6.10 Å². The van der Waals surface area contributed by atoms with Crippen LogP contribution >= 0.6 is 0 Å².